The van der Waals surface area contributed by atoms with E-state index in [9.17, 15) is 4.79 Å². The van der Waals surface area contributed by atoms with Gasteiger partial charge < -0.3 is 4.74 Å². The van der Waals surface area contributed by atoms with Gasteiger partial charge in [-0.25, -0.2) is 9.78 Å². The molecule has 0 unspecified atom stereocenters. The van der Waals surface area contributed by atoms with Crippen molar-refractivity contribution in [3.63, 3.8) is 0 Å². The number of aromatic nitrogens is 2. The van der Waals surface area contributed by atoms with E-state index in [1.54, 1.807) is 37.1 Å². The SMILES string of the molecule is O=c1nccc2n1C=CC1=COC=CN12. The summed E-state index contributed by atoms with van der Waals surface area (Å²) in [5, 5.41) is 0. The maximum absolute atomic E-state index is 11.4. The first kappa shape index (κ1) is 8.05. The fourth-order valence-electron chi connectivity index (χ4n) is 1.57. The van der Waals surface area contributed by atoms with Gasteiger partial charge in [0.15, 0.2) is 0 Å². The maximum Gasteiger partial charge on any atom is 0.353 e. The molecule has 0 bridgehead atoms. The Kier molecular flexibility index (Phi) is 1.53. The summed E-state index contributed by atoms with van der Waals surface area (Å²) in [6.07, 6.45) is 9.89. The van der Waals surface area contributed by atoms with Crippen molar-refractivity contribution in [2.24, 2.45) is 0 Å². The van der Waals surface area contributed by atoms with Gasteiger partial charge >= 0.3 is 5.69 Å². The van der Waals surface area contributed by atoms with Crippen LogP contribution in [0.15, 0.2) is 47.6 Å². The smallest absolute Gasteiger partial charge is 0.353 e. The molecule has 74 valence electrons. The van der Waals surface area contributed by atoms with Gasteiger partial charge in [-0.05, 0) is 12.1 Å². The molecule has 0 aromatic carbocycles. The van der Waals surface area contributed by atoms with Crippen molar-refractivity contribution in [3.8, 4) is 0 Å². The molecule has 0 atom stereocenters. The summed E-state index contributed by atoms with van der Waals surface area (Å²) < 4.78 is 6.52. The van der Waals surface area contributed by atoms with E-state index >= 15 is 0 Å². The second kappa shape index (κ2) is 2.84. The van der Waals surface area contributed by atoms with E-state index in [0.717, 1.165) is 11.5 Å². The minimum atomic E-state index is -0.289. The average molecular weight is 201 g/mol. The van der Waals surface area contributed by atoms with E-state index in [2.05, 4.69) is 4.98 Å². The minimum absolute atomic E-state index is 0.289. The molecule has 2 aliphatic heterocycles. The molecular weight excluding hydrogens is 194 g/mol. The summed E-state index contributed by atoms with van der Waals surface area (Å²) in [7, 11) is 0. The van der Waals surface area contributed by atoms with Gasteiger partial charge in [0.05, 0.1) is 5.70 Å². The molecule has 1 aromatic rings. The van der Waals surface area contributed by atoms with Crippen molar-refractivity contribution in [1.82, 2.24) is 9.55 Å². The molecule has 0 spiro atoms. The molecule has 0 saturated heterocycles. The Balaban J connectivity index is 2.27. The highest BCUT2D eigenvalue weighted by molar-refractivity contribution is 5.62. The summed E-state index contributed by atoms with van der Waals surface area (Å²) in [5.41, 5.74) is 0.589. The molecule has 3 rings (SSSR count). The highest BCUT2D eigenvalue weighted by atomic mass is 16.5. The molecule has 0 N–H and O–H groups in total. The molecule has 0 fully saturated rings. The molecule has 5 heteroatoms. The predicted molar refractivity (Wildman–Crippen MR) is 54.6 cm³/mol. The van der Waals surface area contributed by atoms with Crippen molar-refractivity contribution >= 4 is 12.0 Å². The topological polar surface area (TPSA) is 47.4 Å². The Hall–Kier alpha value is -2.30. The van der Waals surface area contributed by atoms with Gasteiger partial charge in [-0.15, -0.1) is 0 Å². The molecule has 1 aromatic heterocycles. The molecule has 3 heterocycles. The zero-order chi connectivity index (χ0) is 10.3. The second-order valence-corrected chi connectivity index (χ2v) is 3.11. The maximum atomic E-state index is 11.4. The first-order chi connectivity index (χ1) is 7.36. The third-order valence-corrected chi connectivity index (χ3v) is 2.26. The fraction of sp³-hybridized carbons (Fsp3) is 0. The van der Waals surface area contributed by atoms with E-state index in [1.807, 2.05) is 4.90 Å². The zero-order valence-electron chi connectivity index (χ0n) is 7.70. The Morgan fingerprint density at radius 2 is 2.27 bits per heavy atom. The van der Waals surface area contributed by atoms with Crippen molar-refractivity contribution < 1.29 is 4.74 Å². The lowest BCUT2D eigenvalue weighted by molar-refractivity contribution is 0.389. The standard InChI is InChI=1S/C10H7N3O2/c14-10-11-3-1-9-12-5-6-15-7-8(12)2-4-13(9)10/h1-7H. The van der Waals surface area contributed by atoms with E-state index in [0.29, 0.717) is 0 Å². The van der Waals surface area contributed by atoms with Crippen LogP contribution < -0.4 is 10.6 Å². The van der Waals surface area contributed by atoms with E-state index in [1.165, 1.54) is 10.8 Å². The van der Waals surface area contributed by atoms with E-state index in [4.69, 9.17) is 4.74 Å². The van der Waals surface area contributed by atoms with Crippen LogP contribution in [0.3, 0.4) is 0 Å². The highest BCUT2D eigenvalue weighted by Gasteiger charge is 2.18. The summed E-state index contributed by atoms with van der Waals surface area (Å²) in [5.74, 6) is 0.753. The molecule has 15 heavy (non-hydrogen) atoms. The van der Waals surface area contributed by atoms with Crippen LogP contribution in [-0.4, -0.2) is 9.55 Å². The quantitative estimate of drug-likeness (QED) is 0.625. The number of hydrogen-bond acceptors (Lipinski definition) is 4. The lowest BCUT2D eigenvalue weighted by Gasteiger charge is -2.28. The third kappa shape index (κ3) is 1.10. The third-order valence-electron chi connectivity index (χ3n) is 2.26. The summed E-state index contributed by atoms with van der Waals surface area (Å²) in [4.78, 5) is 17.0. The number of rotatable bonds is 0. The number of allylic oxidation sites excluding steroid dienone is 1. The van der Waals surface area contributed by atoms with E-state index < -0.39 is 0 Å². The lowest BCUT2D eigenvalue weighted by Crippen LogP contribution is -2.30. The van der Waals surface area contributed by atoms with Crippen LogP contribution in [0.5, 0.6) is 0 Å². The molecule has 0 saturated carbocycles. The van der Waals surface area contributed by atoms with Gasteiger partial charge in [-0.2, -0.15) is 0 Å². The summed E-state index contributed by atoms with van der Waals surface area (Å²) in [6, 6.07) is 1.77. The molecule has 0 aliphatic carbocycles. The zero-order valence-corrected chi connectivity index (χ0v) is 7.70. The number of ether oxygens (including phenoxy) is 1. The summed E-state index contributed by atoms with van der Waals surface area (Å²) >= 11 is 0. The molecule has 0 radical (unpaired) electrons. The minimum Gasteiger partial charge on any atom is -0.469 e. The Labute approximate surface area is 85.2 Å². The van der Waals surface area contributed by atoms with Gasteiger partial charge in [0, 0.05) is 18.6 Å². The van der Waals surface area contributed by atoms with Crippen molar-refractivity contribution in [2.45, 2.75) is 0 Å². The van der Waals surface area contributed by atoms with Gasteiger partial charge in [-0.3, -0.25) is 9.47 Å². The van der Waals surface area contributed by atoms with Crippen LogP contribution in [-0.2, 0) is 4.74 Å². The van der Waals surface area contributed by atoms with Gasteiger partial charge in [0.1, 0.15) is 18.3 Å². The highest BCUT2D eigenvalue weighted by Crippen LogP contribution is 2.25. The van der Waals surface area contributed by atoms with Crippen LogP contribution in [0.25, 0.3) is 6.20 Å². The van der Waals surface area contributed by atoms with Crippen molar-refractivity contribution in [3.05, 3.63) is 53.2 Å². The lowest BCUT2D eigenvalue weighted by atomic mass is 10.3. The van der Waals surface area contributed by atoms with Crippen LogP contribution in [0.4, 0.5) is 5.82 Å². The Morgan fingerprint density at radius 3 is 3.20 bits per heavy atom. The van der Waals surface area contributed by atoms with Crippen LogP contribution >= 0.6 is 0 Å². The first-order valence-corrected chi connectivity index (χ1v) is 4.43. The fourth-order valence-corrected chi connectivity index (χ4v) is 1.57. The van der Waals surface area contributed by atoms with Crippen LogP contribution in [0.1, 0.15) is 0 Å². The second-order valence-electron chi connectivity index (χ2n) is 3.11. The van der Waals surface area contributed by atoms with Crippen molar-refractivity contribution in [2.75, 3.05) is 4.90 Å². The monoisotopic (exact) mass is 201 g/mol. The number of anilines is 1. The average Bonchev–Trinajstić information content (AvgIpc) is 2.29. The van der Waals surface area contributed by atoms with E-state index in [-0.39, 0.29) is 5.69 Å². The Morgan fingerprint density at radius 1 is 1.33 bits per heavy atom. The van der Waals surface area contributed by atoms with Crippen LogP contribution in [0.2, 0.25) is 0 Å². The molecule has 5 nitrogen and oxygen atoms in total. The summed E-state index contributed by atoms with van der Waals surface area (Å²) in [6.45, 7) is 0. The molecule has 2 aliphatic rings. The number of nitrogens with zero attached hydrogens (tertiary/aromatic N) is 3. The number of hydrogen-bond donors (Lipinski definition) is 0. The predicted octanol–water partition coefficient (Wildman–Crippen LogP) is 0.877. The van der Waals surface area contributed by atoms with Gasteiger partial charge in [0.25, 0.3) is 0 Å². The van der Waals surface area contributed by atoms with Gasteiger partial charge in [0.2, 0.25) is 0 Å². The Bertz CT molecular complexity index is 554. The van der Waals surface area contributed by atoms with Gasteiger partial charge in [-0.1, -0.05) is 0 Å². The van der Waals surface area contributed by atoms with Crippen LogP contribution in [0, 0.1) is 0 Å². The van der Waals surface area contributed by atoms with Crippen molar-refractivity contribution in [1.29, 1.82) is 0 Å². The largest absolute Gasteiger partial charge is 0.469 e. The number of fused-ring (bicyclic) bond motifs is 3. The molecular formula is C10H7N3O2. The normalized spacial score (nSPS) is 16.5. The first-order valence-electron chi connectivity index (χ1n) is 4.43. The molecule has 0 amide bonds.